The number of benzene rings is 1. The summed E-state index contributed by atoms with van der Waals surface area (Å²) in [4.78, 5) is 4.81. The maximum absolute atomic E-state index is 6.05. The van der Waals surface area contributed by atoms with Crippen molar-refractivity contribution in [2.45, 2.75) is 0 Å². The number of rotatable bonds is 6. The molecule has 0 aliphatic carbocycles. The van der Waals surface area contributed by atoms with E-state index in [0.717, 1.165) is 45.0 Å². The minimum absolute atomic E-state index is 0.671. The first-order valence-electron chi connectivity index (χ1n) is 6.87. The summed E-state index contributed by atoms with van der Waals surface area (Å²) in [5, 5.41) is 0.671. The third-order valence-corrected chi connectivity index (χ3v) is 3.91. The Kier molecular flexibility index (Phi) is 6.67. The molecule has 5 heteroatoms. The van der Waals surface area contributed by atoms with Gasteiger partial charge in [-0.1, -0.05) is 41.4 Å². The van der Waals surface area contributed by atoms with Crippen LogP contribution in [0.3, 0.4) is 0 Å². The molecular weight excluding hydrogens is 295 g/mol. The summed E-state index contributed by atoms with van der Waals surface area (Å²) < 4.78 is 5.72. The van der Waals surface area contributed by atoms with E-state index in [9.17, 15) is 0 Å². The maximum Gasteiger partial charge on any atom is 0.137 e. The lowest BCUT2D eigenvalue weighted by Crippen LogP contribution is -2.47. The quantitative estimate of drug-likeness (QED) is 0.802. The fraction of sp³-hybridized carbons (Fsp3) is 0.467. The molecule has 1 aromatic carbocycles. The van der Waals surface area contributed by atoms with Gasteiger partial charge in [-0.3, -0.25) is 9.80 Å². The van der Waals surface area contributed by atoms with E-state index in [2.05, 4.69) is 9.80 Å². The van der Waals surface area contributed by atoms with Crippen LogP contribution in [0.15, 0.2) is 35.9 Å². The van der Waals surface area contributed by atoms with Crippen molar-refractivity contribution in [1.82, 2.24) is 9.80 Å². The second-order valence-electron chi connectivity index (χ2n) is 4.78. The Bertz CT molecular complexity index is 432. The zero-order chi connectivity index (χ0) is 14.2. The standard InChI is InChI=1S/C15H20Cl2N2O/c16-6-3-7-18-8-10-19(11-9-18)12-13-20-15-5-2-1-4-14(15)17/h1-6H,7-13H2/b6-3+. The lowest BCUT2D eigenvalue weighted by Gasteiger charge is -2.33. The van der Waals surface area contributed by atoms with E-state index in [0.29, 0.717) is 11.6 Å². The SMILES string of the molecule is Cl/C=C/CN1CCN(CCOc2ccccc2Cl)CC1. The van der Waals surface area contributed by atoms with E-state index in [-0.39, 0.29) is 0 Å². The smallest absolute Gasteiger partial charge is 0.137 e. The first-order valence-corrected chi connectivity index (χ1v) is 7.68. The normalized spacial score (nSPS) is 17.7. The Balaban J connectivity index is 1.65. The summed E-state index contributed by atoms with van der Waals surface area (Å²) in [5.74, 6) is 0.764. The molecule has 1 saturated heterocycles. The molecule has 0 amide bonds. The molecule has 0 atom stereocenters. The molecule has 0 radical (unpaired) electrons. The number of halogens is 2. The molecule has 0 N–H and O–H groups in total. The number of nitrogens with zero attached hydrogens (tertiary/aromatic N) is 2. The van der Waals surface area contributed by atoms with Crippen LogP contribution >= 0.6 is 23.2 Å². The number of ether oxygens (including phenoxy) is 1. The van der Waals surface area contributed by atoms with Crippen molar-refractivity contribution in [3.63, 3.8) is 0 Å². The molecule has 1 aliphatic rings. The summed E-state index contributed by atoms with van der Waals surface area (Å²) in [6.07, 6.45) is 1.98. The highest BCUT2D eigenvalue weighted by Gasteiger charge is 2.15. The van der Waals surface area contributed by atoms with Gasteiger partial charge in [-0.25, -0.2) is 0 Å². The summed E-state index contributed by atoms with van der Waals surface area (Å²) in [5.41, 5.74) is 1.59. The number of piperazine rings is 1. The van der Waals surface area contributed by atoms with Crippen LogP contribution in [0.1, 0.15) is 0 Å². The van der Waals surface area contributed by atoms with Gasteiger partial charge in [-0.2, -0.15) is 0 Å². The van der Waals surface area contributed by atoms with Crippen molar-refractivity contribution < 1.29 is 4.74 Å². The number of hydrogen-bond donors (Lipinski definition) is 0. The molecule has 0 bridgehead atoms. The minimum atomic E-state index is 0.671. The van der Waals surface area contributed by atoms with Crippen molar-refractivity contribution in [3.05, 3.63) is 40.9 Å². The topological polar surface area (TPSA) is 15.7 Å². The molecule has 3 nitrogen and oxygen atoms in total. The van der Waals surface area contributed by atoms with Crippen LogP contribution in [-0.2, 0) is 0 Å². The lowest BCUT2D eigenvalue weighted by molar-refractivity contribution is 0.125. The van der Waals surface area contributed by atoms with Crippen LogP contribution in [0.25, 0.3) is 0 Å². The van der Waals surface area contributed by atoms with Crippen molar-refractivity contribution in [2.75, 3.05) is 45.9 Å². The molecule has 2 rings (SSSR count). The van der Waals surface area contributed by atoms with E-state index in [4.69, 9.17) is 27.9 Å². The molecule has 1 fully saturated rings. The van der Waals surface area contributed by atoms with Crippen molar-refractivity contribution in [2.24, 2.45) is 0 Å². The minimum Gasteiger partial charge on any atom is -0.491 e. The molecule has 0 unspecified atom stereocenters. The summed E-state index contributed by atoms with van der Waals surface area (Å²) in [7, 11) is 0. The average Bonchev–Trinajstić information content (AvgIpc) is 2.48. The fourth-order valence-corrected chi connectivity index (χ4v) is 2.50. The van der Waals surface area contributed by atoms with Gasteiger partial charge in [0.05, 0.1) is 5.02 Å². The largest absolute Gasteiger partial charge is 0.491 e. The molecule has 1 aromatic rings. The lowest BCUT2D eigenvalue weighted by atomic mass is 10.3. The summed E-state index contributed by atoms with van der Waals surface area (Å²) in [6, 6.07) is 7.59. The van der Waals surface area contributed by atoms with Gasteiger partial charge in [0.25, 0.3) is 0 Å². The molecule has 0 aromatic heterocycles. The number of hydrogen-bond acceptors (Lipinski definition) is 3. The van der Waals surface area contributed by atoms with Gasteiger partial charge in [0.1, 0.15) is 12.4 Å². The van der Waals surface area contributed by atoms with E-state index in [1.54, 1.807) is 5.54 Å². The van der Waals surface area contributed by atoms with Crippen molar-refractivity contribution in [3.8, 4) is 5.75 Å². The Morgan fingerprint density at radius 3 is 2.50 bits per heavy atom. The fourth-order valence-electron chi connectivity index (χ4n) is 2.23. The summed E-state index contributed by atoms with van der Waals surface area (Å²) >= 11 is 11.6. The van der Waals surface area contributed by atoms with Crippen LogP contribution in [-0.4, -0.2) is 55.7 Å². The Labute approximate surface area is 130 Å². The molecule has 1 heterocycles. The van der Waals surface area contributed by atoms with Gasteiger partial charge in [0.2, 0.25) is 0 Å². The first-order chi connectivity index (χ1) is 9.79. The second kappa shape index (κ2) is 8.53. The third-order valence-electron chi connectivity index (χ3n) is 3.42. The molecule has 110 valence electrons. The predicted octanol–water partition coefficient (Wildman–Crippen LogP) is 3.09. The monoisotopic (exact) mass is 314 g/mol. The van der Waals surface area contributed by atoms with Gasteiger partial charge < -0.3 is 4.74 Å². The van der Waals surface area contributed by atoms with Gasteiger partial charge in [-0.05, 0) is 12.1 Å². The van der Waals surface area contributed by atoms with Crippen LogP contribution in [0, 0.1) is 0 Å². The average molecular weight is 315 g/mol. The van der Waals surface area contributed by atoms with E-state index >= 15 is 0 Å². The van der Waals surface area contributed by atoms with Gasteiger partial charge in [0, 0.05) is 44.8 Å². The Morgan fingerprint density at radius 1 is 1.10 bits per heavy atom. The van der Waals surface area contributed by atoms with Crippen LogP contribution in [0.5, 0.6) is 5.75 Å². The van der Waals surface area contributed by atoms with E-state index in [1.165, 1.54) is 0 Å². The maximum atomic E-state index is 6.05. The second-order valence-corrected chi connectivity index (χ2v) is 5.44. The molecule has 0 spiro atoms. The molecule has 1 aliphatic heterocycles. The summed E-state index contributed by atoms with van der Waals surface area (Å²) in [6.45, 7) is 6.84. The Hall–Kier alpha value is -0.740. The van der Waals surface area contributed by atoms with Crippen LogP contribution in [0.4, 0.5) is 0 Å². The van der Waals surface area contributed by atoms with Gasteiger partial charge in [0.15, 0.2) is 0 Å². The van der Waals surface area contributed by atoms with E-state index in [1.807, 2.05) is 30.3 Å². The van der Waals surface area contributed by atoms with Crippen LogP contribution < -0.4 is 4.74 Å². The Morgan fingerprint density at radius 2 is 1.80 bits per heavy atom. The highest BCUT2D eigenvalue weighted by Crippen LogP contribution is 2.22. The predicted molar refractivity (Wildman–Crippen MR) is 84.8 cm³/mol. The highest BCUT2D eigenvalue weighted by molar-refractivity contribution is 6.32. The number of para-hydroxylation sites is 1. The van der Waals surface area contributed by atoms with Gasteiger partial charge in [-0.15, -0.1) is 0 Å². The molecular formula is C15H20Cl2N2O. The molecule has 20 heavy (non-hydrogen) atoms. The highest BCUT2D eigenvalue weighted by atomic mass is 35.5. The van der Waals surface area contributed by atoms with Crippen LogP contribution in [0.2, 0.25) is 5.02 Å². The first kappa shape index (κ1) is 15.6. The zero-order valence-corrected chi connectivity index (χ0v) is 13.0. The van der Waals surface area contributed by atoms with Crippen molar-refractivity contribution in [1.29, 1.82) is 0 Å². The van der Waals surface area contributed by atoms with E-state index < -0.39 is 0 Å². The molecule has 0 saturated carbocycles. The van der Waals surface area contributed by atoms with Crippen molar-refractivity contribution >= 4 is 23.2 Å². The zero-order valence-electron chi connectivity index (χ0n) is 11.5. The van der Waals surface area contributed by atoms with Gasteiger partial charge >= 0.3 is 0 Å². The third kappa shape index (κ3) is 4.98.